The molecule has 0 bridgehead atoms. The van der Waals surface area contributed by atoms with Crippen molar-refractivity contribution in [3.8, 4) is 0 Å². The summed E-state index contributed by atoms with van der Waals surface area (Å²) in [4.78, 5) is 26.4. The van der Waals surface area contributed by atoms with Crippen LogP contribution in [0, 0.1) is 10.1 Å². The molecule has 1 fully saturated rings. The zero-order valence-corrected chi connectivity index (χ0v) is 13.1. The van der Waals surface area contributed by atoms with E-state index < -0.39 is 4.92 Å². The van der Waals surface area contributed by atoms with Gasteiger partial charge in [-0.15, -0.1) is 0 Å². The lowest BCUT2D eigenvalue weighted by atomic mass is 10.2. The molecule has 7 nitrogen and oxygen atoms in total. The minimum atomic E-state index is -0.407. The molecule has 1 heterocycles. The van der Waals surface area contributed by atoms with Crippen molar-refractivity contribution in [1.29, 1.82) is 0 Å². The van der Waals surface area contributed by atoms with Gasteiger partial charge >= 0.3 is 6.03 Å². The van der Waals surface area contributed by atoms with Crippen LogP contribution < -0.4 is 10.2 Å². The van der Waals surface area contributed by atoms with E-state index in [4.69, 9.17) is 0 Å². The normalized spacial score (nSPS) is 14.3. The Morgan fingerprint density at radius 3 is 2.17 bits per heavy atom. The average Bonchev–Trinajstić information content (AvgIpc) is 2.63. The molecule has 0 spiro atoms. The summed E-state index contributed by atoms with van der Waals surface area (Å²) >= 11 is 0. The van der Waals surface area contributed by atoms with Crippen LogP contribution in [0.1, 0.15) is 0 Å². The van der Waals surface area contributed by atoms with Gasteiger partial charge in [-0.25, -0.2) is 4.79 Å². The Bertz CT molecular complexity index is 710. The van der Waals surface area contributed by atoms with Crippen molar-refractivity contribution in [2.24, 2.45) is 0 Å². The third-order valence-electron chi connectivity index (χ3n) is 4.02. The number of carbonyl (C=O) groups is 1. The van der Waals surface area contributed by atoms with E-state index >= 15 is 0 Å². The highest BCUT2D eigenvalue weighted by molar-refractivity contribution is 5.89. The number of hydrogen-bond acceptors (Lipinski definition) is 4. The van der Waals surface area contributed by atoms with Crippen molar-refractivity contribution < 1.29 is 9.72 Å². The summed E-state index contributed by atoms with van der Waals surface area (Å²) in [7, 11) is 0. The summed E-state index contributed by atoms with van der Waals surface area (Å²) in [5, 5.41) is 13.6. The first-order chi connectivity index (χ1) is 11.6. The van der Waals surface area contributed by atoms with Gasteiger partial charge in [0, 0.05) is 49.7 Å². The number of benzene rings is 2. The van der Waals surface area contributed by atoms with E-state index in [1.807, 2.05) is 30.3 Å². The Morgan fingerprint density at radius 2 is 1.58 bits per heavy atom. The van der Waals surface area contributed by atoms with E-state index in [9.17, 15) is 14.9 Å². The molecule has 0 saturated carbocycles. The number of nitro groups is 1. The molecule has 1 N–H and O–H groups in total. The molecule has 2 aromatic carbocycles. The summed E-state index contributed by atoms with van der Waals surface area (Å²) in [5.74, 6) is 0. The molecule has 3 rings (SSSR count). The number of para-hydroxylation sites is 1. The molecule has 7 heteroatoms. The van der Waals surface area contributed by atoms with Gasteiger partial charge in [0.1, 0.15) is 0 Å². The number of piperazine rings is 1. The van der Waals surface area contributed by atoms with Crippen molar-refractivity contribution >= 4 is 23.1 Å². The first-order valence-corrected chi connectivity index (χ1v) is 7.74. The van der Waals surface area contributed by atoms with Crippen LogP contribution in [0.5, 0.6) is 0 Å². The lowest BCUT2D eigenvalue weighted by molar-refractivity contribution is -0.384. The van der Waals surface area contributed by atoms with Gasteiger partial charge in [0.25, 0.3) is 5.69 Å². The monoisotopic (exact) mass is 326 g/mol. The van der Waals surface area contributed by atoms with Crippen LogP contribution in [0.2, 0.25) is 0 Å². The third-order valence-corrected chi connectivity index (χ3v) is 4.02. The van der Waals surface area contributed by atoms with Crippen molar-refractivity contribution in [3.05, 3.63) is 64.7 Å². The fourth-order valence-corrected chi connectivity index (χ4v) is 2.68. The van der Waals surface area contributed by atoms with E-state index in [0.717, 1.165) is 11.4 Å². The fraction of sp³-hybridized carbons (Fsp3) is 0.235. The number of nitro benzene ring substituents is 1. The van der Waals surface area contributed by atoms with E-state index in [2.05, 4.69) is 10.2 Å². The highest BCUT2D eigenvalue weighted by Gasteiger charge is 2.21. The van der Waals surface area contributed by atoms with E-state index in [0.29, 0.717) is 26.2 Å². The predicted molar refractivity (Wildman–Crippen MR) is 92.3 cm³/mol. The van der Waals surface area contributed by atoms with Gasteiger partial charge in [-0.05, 0) is 24.3 Å². The molecule has 2 aromatic rings. The topological polar surface area (TPSA) is 78.7 Å². The Labute approximate surface area is 139 Å². The molecule has 1 saturated heterocycles. The van der Waals surface area contributed by atoms with Crippen molar-refractivity contribution in [2.45, 2.75) is 0 Å². The molecule has 2 amide bonds. The molecular formula is C17H18N4O3. The molecule has 124 valence electrons. The maximum absolute atomic E-state index is 12.3. The van der Waals surface area contributed by atoms with Crippen LogP contribution in [0.3, 0.4) is 0 Å². The summed E-state index contributed by atoms with van der Waals surface area (Å²) in [6.45, 7) is 2.60. The number of non-ortho nitro benzene ring substituents is 1. The maximum Gasteiger partial charge on any atom is 0.321 e. The van der Waals surface area contributed by atoms with Crippen LogP contribution in [0.15, 0.2) is 54.6 Å². The number of amides is 2. The van der Waals surface area contributed by atoms with Crippen LogP contribution >= 0.6 is 0 Å². The molecule has 0 radical (unpaired) electrons. The quantitative estimate of drug-likeness (QED) is 0.695. The number of urea groups is 1. The van der Waals surface area contributed by atoms with Gasteiger partial charge < -0.3 is 15.1 Å². The molecule has 0 aromatic heterocycles. The summed E-state index contributed by atoms with van der Waals surface area (Å²) in [6, 6.07) is 15.8. The van der Waals surface area contributed by atoms with E-state index in [-0.39, 0.29) is 11.7 Å². The van der Waals surface area contributed by atoms with Gasteiger partial charge in [0.05, 0.1) is 4.92 Å². The number of nitrogens with one attached hydrogen (secondary N) is 1. The van der Waals surface area contributed by atoms with Crippen LogP contribution in [0.4, 0.5) is 21.9 Å². The Kier molecular flexibility index (Phi) is 4.60. The van der Waals surface area contributed by atoms with Crippen LogP contribution in [0.25, 0.3) is 0 Å². The Morgan fingerprint density at radius 1 is 0.958 bits per heavy atom. The molecule has 24 heavy (non-hydrogen) atoms. The number of nitrogens with zero attached hydrogens (tertiary/aromatic N) is 3. The second-order valence-corrected chi connectivity index (χ2v) is 5.54. The van der Waals surface area contributed by atoms with Crippen molar-refractivity contribution in [1.82, 2.24) is 4.90 Å². The second-order valence-electron chi connectivity index (χ2n) is 5.54. The number of hydrogen-bond donors (Lipinski definition) is 1. The zero-order chi connectivity index (χ0) is 16.9. The molecule has 0 unspecified atom stereocenters. The number of rotatable bonds is 3. The number of anilines is 2. The average molecular weight is 326 g/mol. The highest BCUT2D eigenvalue weighted by atomic mass is 16.6. The lowest BCUT2D eigenvalue weighted by Crippen LogP contribution is -2.50. The highest BCUT2D eigenvalue weighted by Crippen LogP contribution is 2.20. The lowest BCUT2D eigenvalue weighted by Gasteiger charge is -2.36. The van der Waals surface area contributed by atoms with Gasteiger partial charge in [0.2, 0.25) is 0 Å². The van der Waals surface area contributed by atoms with Crippen molar-refractivity contribution in [2.75, 3.05) is 36.4 Å². The van der Waals surface area contributed by atoms with E-state index in [1.165, 1.54) is 12.1 Å². The van der Waals surface area contributed by atoms with Gasteiger partial charge in [-0.3, -0.25) is 10.1 Å². The van der Waals surface area contributed by atoms with E-state index in [1.54, 1.807) is 17.0 Å². The maximum atomic E-state index is 12.3. The summed E-state index contributed by atoms with van der Waals surface area (Å²) in [6.07, 6.45) is 0. The van der Waals surface area contributed by atoms with Gasteiger partial charge in [0.15, 0.2) is 0 Å². The minimum absolute atomic E-state index is 0.0830. The molecule has 0 atom stereocenters. The summed E-state index contributed by atoms with van der Waals surface area (Å²) < 4.78 is 0. The summed E-state index contributed by atoms with van der Waals surface area (Å²) in [5.41, 5.74) is 1.80. The molecule has 1 aliphatic rings. The van der Waals surface area contributed by atoms with Crippen LogP contribution in [-0.2, 0) is 0 Å². The Balaban J connectivity index is 1.55. The second kappa shape index (κ2) is 6.99. The Hall–Kier alpha value is -3.09. The fourth-order valence-electron chi connectivity index (χ4n) is 2.68. The minimum Gasteiger partial charge on any atom is -0.368 e. The van der Waals surface area contributed by atoms with Gasteiger partial charge in [-0.1, -0.05) is 18.2 Å². The smallest absolute Gasteiger partial charge is 0.321 e. The van der Waals surface area contributed by atoms with Gasteiger partial charge in [-0.2, -0.15) is 0 Å². The number of carbonyl (C=O) groups excluding carboxylic acids is 1. The van der Waals surface area contributed by atoms with Crippen LogP contribution in [-0.4, -0.2) is 42.0 Å². The standard InChI is InChI=1S/C17H18N4O3/c22-17(18-14-4-2-1-3-5-14)20-12-10-19(11-13-20)15-6-8-16(9-7-15)21(23)24/h1-9H,10-13H2,(H,18,22). The largest absolute Gasteiger partial charge is 0.368 e. The SMILES string of the molecule is O=C(Nc1ccccc1)N1CCN(c2ccc([N+](=O)[O-])cc2)CC1. The molecular weight excluding hydrogens is 308 g/mol. The molecule has 1 aliphatic heterocycles. The zero-order valence-electron chi connectivity index (χ0n) is 13.1. The third kappa shape index (κ3) is 3.62. The first-order valence-electron chi connectivity index (χ1n) is 7.74. The first kappa shape index (κ1) is 15.8. The molecule has 0 aliphatic carbocycles. The van der Waals surface area contributed by atoms with Crippen molar-refractivity contribution in [3.63, 3.8) is 0 Å². The predicted octanol–water partition coefficient (Wildman–Crippen LogP) is 2.95.